The van der Waals surface area contributed by atoms with Crippen LogP contribution in [0.4, 0.5) is 0 Å². The lowest BCUT2D eigenvalue weighted by Crippen LogP contribution is -2.29. The Kier molecular flexibility index (Phi) is 5.93. The zero-order valence-electron chi connectivity index (χ0n) is 15.4. The Morgan fingerprint density at radius 2 is 1.74 bits per heavy atom. The molecule has 1 atom stereocenters. The second-order valence-electron chi connectivity index (χ2n) is 6.63. The van der Waals surface area contributed by atoms with Crippen LogP contribution in [0.3, 0.4) is 0 Å². The van der Waals surface area contributed by atoms with Gasteiger partial charge in [-0.15, -0.1) is 10.2 Å². The molecule has 140 valence electrons. The van der Waals surface area contributed by atoms with Gasteiger partial charge in [0.25, 0.3) is 5.91 Å². The van der Waals surface area contributed by atoms with Crippen LogP contribution in [0.25, 0.3) is 5.82 Å². The fourth-order valence-corrected chi connectivity index (χ4v) is 2.80. The molecule has 0 spiro atoms. The predicted molar refractivity (Wildman–Crippen MR) is 102 cm³/mol. The molecule has 7 nitrogen and oxygen atoms in total. The summed E-state index contributed by atoms with van der Waals surface area (Å²) in [5.74, 6) is 0.845. The highest BCUT2D eigenvalue weighted by molar-refractivity contribution is 5.94. The minimum absolute atomic E-state index is 0.0122. The number of amides is 1. The fraction of sp³-hybridized carbons (Fsp3) is 0.300. The van der Waals surface area contributed by atoms with Crippen molar-refractivity contribution in [2.45, 2.75) is 32.2 Å². The molecular weight excluding hydrogens is 342 g/mol. The molecule has 2 N–H and O–H groups in total. The summed E-state index contributed by atoms with van der Waals surface area (Å²) in [7, 11) is 0. The van der Waals surface area contributed by atoms with Crippen molar-refractivity contribution >= 4 is 5.91 Å². The molecule has 0 aliphatic heterocycles. The molecule has 0 saturated heterocycles. The number of carbonyl (C=O) groups excluding carboxylic acids is 1. The van der Waals surface area contributed by atoms with Crippen LogP contribution in [-0.4, -0.2) is 37.4 Å². The molecule has 7 heteroatoms. The van der Waals surface area contributed by atoms with Gasteiger partial charge in [0.2, 0.25) is 0 Å². The van der Waals surface area contributed by atoms with Crippen molar-refractivity contribution in [2.24, 2.45) is 0 Å². The summed E-state index contributed by atoms with van der Waals surface area (Å²) < 4.78 is 1.66. The molecule has 2 aromatic heterocycles. The minimum atomic E-state index is -0.263. The van der Waals surface area contributed by atoms with Crippen molar-refractivity contribution in [2.75, 3.05) is 6.61 Å². The topological polar surface area (TPSA) is 92.9 Å². The van der Waals surface area contributed by atoms with Crippen molar-refractivity contribution < 1.29 is 9.90 Å². The van der Waals surface area contributed by atoms with E-state index in [9.17, 15) is 9.90 Å². The first-order valence-electron chi connectivity index (χ1n) is 8.91. The summed E-state index contributed by atoms with van der Waals surface area (Å²) in [6.45, 7) is 4.26. The lowest BCUT2D eigenvalue weighted by atomic mass is 9.97. The number of aliphatic hydroxyl groups is 1. The molecule has 27 heavy (non-hydrogen) atoms. The number of hydrogen-bond acceptors (Lipinski definition) is 5. The Labute approximate surface area is 158 Å². The molecule has 0 saturated carbocycles. The lowest BCUT2D eigenvalue weighted by molar-refractivity contribution is 0.0929. The molecule has 2 heterocycles. The van der Waals surface area contributed by atoms with Gasteiger partial charge in [0.05, 0.1) is 11.6 Å². The molecule has 1 amide bonds. The number of rotatable bonds is 7. The van der Waals surface area contributed by atoms with Crippen LogP contribution in [0, 0.1) is 0 Å². The van der Waals surface area contributed by atoms with Gasteiger partial charge in [0.1, 0.15) is 18.5 Å². The quantitative estimate of drug-likeness (QED) is 0.671. The van der Waals surface area contributed by atoms with Gasteiger partial charge in [-0.25, -0.2) is 4.98 Å². The highest BCUT2D eigenvalue weighted by Crippen LogP contribution is 2.21. The number of carbonyl (C=O) groups is 1. The molecule has 0 bridgehead atoms. The van der Waals surface area contributed by atoms with Crippen molar-refractivity contribution in [3.63, 3.8) is 0 Å². The van der Waals surface area contributed by atoms with Crippen molar-refractivity contribution in [3.05, 3.63) is 71.9 Å². The van der Waals surface area contributed by atoms with E-state index in [1.165, 1.54) is 11.8 Å². The third-order valence-electron chi connectivity index (χ3n) is 4.42. The van der Waals surface area contributed by atoms with Gasteiger partial charge in [-0.05, 0) is 35.6 Å². The molecule has 1 aromatic carbocycles. The van der Waals surface area contributed by atoms with Crippen molar-refractivity contribution in [1.82, 2.24) is 25.1 Å². The molecule has 3 rings (SSSR count). The van der Waals surface area contributed by atoms with E-state index in [1.807, 2.05) is 12.1 Å². The van der Waals surface area contributed by atoms with E-state index in [1.54, 1.807) is 29.4 Å². The summed E-state index contributed by atoms with van der Waals surface area (Å²) in [5.41, 5.74) is 2.66. The molecule has 0 fully saturated rings. The first-order chi connectivity index (χ1) is 13.1. The van der Waals surface area contributed by atoms with Crippen molar-refractivity contribution in [3.8, 4) is 5.82 Å². The number of hydrogen-bond donors (Lipinski definition) is 2. The normalized spacial score (nSPS) is 12.1. The maximum atomic E-state index is 12.6. The third-order valence-corrected chi connectivity index (χ3v) is 4.42. The van der Waals surface area contributed by atoms with E-state index in [4.69, 9.17) is 0 Å². The highest BCUT2D eigenvalue weighted by atomic mass is 16.3. The Bertz CT molecular complexity index is 858. The number of benzene rings is 1. The summed E-state index contributed by atoms with van der Waals surface area (Å²) in [6, 6.07) is 11.3. The second-order valence-corrected chi connectivity index (χ2v) is 6.63. The van der Waals surface area contributed by atoms with E-state index in [0.717, 1.165) is 5.56 Å². The Morgan fingerprint density at radius 1 is 1.07 bits per heavy atom. The van der Waals surface area contributed by atoms with Gasteiger partial charge in [-0.2, -0.15) is 0 Å². The van der Waals surface area contributed by atoms with Crippen LogP contribution in [0.15, 0.2) is 55.2 Å². The second kappa shape index (κ2) is 8.55. The smallest absolute Gasteiger partial charge is 0.253 e. The van der Waals surface area contributed by atoms with Gasteiger partial charge in [0.15, 0.2) is 0 Å². The summed E-state index contributed by atoms with van der Waals surface area (Å²) >= 11 is 0. The van der Waals surface area contributed by atoms with Gasteiger partial charge in [0, 0.05) is 12.8 Å². The summed E-state index contributed by atoms with van der Waals surface area (Å²) in [5, 5.41) is 19.8. The van der Waals surface area contributed by atoms with Crippen LogP contribution in [-0.2, 0) is 0 Å². The number of nitrogens with one attached hydrogen (secondary N) is 1. The Balaban J connectivity index is 1.73. The zero-order chi connectivity index (χ0) is 19.2. The van der Waals surface area contributed by atoms with E-state index in [0.29, 0.717) is 23.7 Å². The standard InChI is InChI=1S/C20H23N5O2/c1-14(2)15-3-5-16(6-4-15)18(9-10-26)24-20(27)17-7-8-19(21-11-17)25-12-22-23-13-25/h3-8,11-14,18,26H,9-10H2,1-2H3,(H,24,27)/t18-/m0/s1. The van der Waals surface area contributed by atoms with Gasteiger partial charge in [-0.3, -0.25) is 9.36 Å². The van der Waals surface area contributed by atoms with Crippen molar-refractivity contribution in [1.29, 1.82) is 0 Å². The van der Waals surface area contributed by atoms with Gasteiger partial charge in [-0.1, -0.05) is 38.1 Å². The predicted octanol–water partition coefficient (Wildman–Crippen LogP) is 2.64. The van der Waals surface area contributed by atoms with Gasteiger partial charge >= 0.3 is 0 Å². The number of aliphatic hydroxyl groups excluding tert-OH is 1. The largest absolute Gasteiger partial charge is 0.396 e. The molecule has 3 aromatic rings. The molecule has 0 unspecified atom stereocenters. The number of pyridine rings is 1. The van der Waals surface area contributed by atoms with Crippen LogP contribution >= 0.6 is 0 Å². The molecule has 0 aliphatic carbocycles. The number of aromatic nitrogens is 4. The summed E-state index contributed by atoms with van der Waals surface area (Å²) in [4.78, 5) is 16.9. The monoisotopic (exact) mass is 365 g/mol. The van der Waals surface area contributed by atoms with E-state index in [2.05, 4.69) is 46.5 Å². The maximum Gasteiger partial charge on any atom is 0.253 e. The number of nitrogens with zero attached hydrogens (tertiary/aromatic N) is 4. The SMILES string of the molecule is CC(C)c1ccc([C@H](CCO)NC(=O)c2ccc(-n3cnnc3)nc2)cc1. The molecule has 0 aliphatic rings. The first-order valence-corrected chi connectivity index (χ1v) is 8.91. The third kappa shape index (κ3) is 4.57. The molecular formula is C20H23N5O2. The maximum absolute atomic E-state index is 12.6. The average molecular weight is 365 g/mol. The Hall–Kier alpha value is -3.06. The minimum Gasteiger partial charge on any atom is -0.396 e. The molecule has 0 radical (unpaired) electrons. The van der Waals surface area contributed by atoms with Gasteiger partial charge < -0.3 is 10.4 Å². The van der Waals surface area contributed by atoms with Crippen LogP contribution < -0.4 is 5.32 Å². The average Bonchev–Trinajstić information content (AvgIpc) is 3.22. The lowest BCUT2D eigenvalue weighted by Gasteiger charge is -2.19. The summed E-state index contributed by atoms with van der Waals surface area (Å²) in [6.07, 6.45) is 5.04. The first kappa shape index (κ1) is 18.7. The van der Waals surface area contributed by atoms with Crippen LogP contribution in [0.1, 0.15) is 53.7 Å². The van der Waals surface area contributed by atoms with Crippen LogP contribution in [0.2, 0.25) is 0 Å². The van der Waals surface area contributed by atoms with E-state index in [-0.39, 0.29) is 18.6 Å². The zero-order valence-corrected chi connectivity index (χ0v) is 15.4. The fourth-order valence-electron chi connectivity index (χ4n) is 2.80. The highest BCUT2D eigenvalue weighted by Gasteiger charge is 2.16. The Morgan fingerprint density at radius 3 is 2.30 bits per heavy atom. The van der Waals surface area contributed by atoms with E-state index >= 15 is 0 Å². The van der Waals surface area contributed by atoms with E-state index < -0.39 is 0 Å². The van der Waals surface area contributed by atoms with Crippen LogP contribution in [0.5, 0.6) is 0 Å².